The maximum absolute atomic E-state index is 11.9. The fourth-order valence-corrected chi connectivity index (χ4v) is 3.02. The lowest BCUT2D eigenvalue weighted by molar-refractivity contribution is -0.137. The zero-order valence-electron chi connectivity index (χ0n) is 13.0. The fraction of sp³-hybridized carbons (Fsp3) is 0.529. The Kier molecular flexibility index (Phi) is 6.42. The summed E-state index contributed by atoms with van der Waals surface area (Å²) in [7, 11) is 0. The number of carbonyl (C=O) groups excluding carboxylic acids is 1. The highest BCUT2D eigenvalue weighted by Crippen LogP contribution is 2.34. The normalized spacial score (nSPS) is 16.7. The van der Waals surface area contributed by atoms with E-state index in [-0.39, 0.29) is 24.2 Å². The molecule has 0 spiro atoms. The van der Waals surface area contributed by atoms with Gasteiger partial charge in [-0.05, 0) is 37.0 Å². The van der Waals surface area contributed by atoms with E-state index in [1.165, 1.54) is 0 Å². The molecule has 6 heteroatoms. The smallest absolute Gasteiger partial charge is 0.303 e. The predicted molar refractivity (Wildman–Crippen MR) is 87.7 cm³/mol. The van der Waals surface area contributed by atoms with E-state index >= 15 is 0 Å². The second-order valence-electron chi connectivity index (χ2n) is 5.92. The number of nitrogens with one attached hydrogen (secondary N) is 1. The third-order valence-electron chi connectivity index (χ3n) is 4.32. The Bertz CT molecular complexity index is 538. The minimum Gasteiger partial charge on any atom is -0.481 e. The Balaban J connectivity index is 1.97. The van der Waals surface area contributed by atoms with Gasteiger partial charge in [-0.3, -0.25) is 9.59 Å². The van der Waals surface area contributed by atoms with E-state index in [0.29, 0.717) is 31.2 Å². The van der Waals surface area contributed by atoms with Gasteiger partial charge in [0.2, 0.25) is 5.91 Å². The molecule has 1 aromatic rings. The highest BCUT2D eigenvalue weighted by Gasteiger charge is 2.34. The van der Waals surface area contributed by atoms with Crippen LogP contribution in [0.15, 0.2) is 24.3 Å². The van der Waals surface area contributed by atoms with Gasteiger partial charge in [0.05, 0.1) is 0 Å². The molecule has 0 aromatic heterocycles. The van der Waals surface area contributed by atoms with Gasteiger partial charge in [0.1, 0.15) is 0 Å². The molecule has 2 rings (SSSR count). The molecular formula is C17H22ClNO4. The van der Waals surface area contributed by atoms with Gasteiger partial charge in [-0.1, -0.05) is 23.7 Å². The summed E-state index contributed by atoms with van der Waals surface area (Å²) in [5.41, 5.74) is 1.00. The van der Waals surface area contributed by atoms with Crippen molar-refractivity contribution in [2.45, 2.75) is 37.5 Å². The second kappa shape index (κ2) is 8.31. The lowest BCUT2D eigenvalue weighted by Crippen LogP contribution is -2.44. The first-order chi connectivity index (χ1) is 11.0. The zero-order chi connectivity index (χ0) is 16.7. The first-order valence-electron chi connectivity index (χ1n) is 7.84. The van der Waals surface area contributed by atoms with E-state index in [4.69, 9.17) is 21.4 Å². The zero-order valence-corrected chi connectivity index (χ0v) is 13.8. The lowest BCUT2D eigenvalue weighted by Gasteiger charge is -2.38. The molecule has 1 heterocycles. The molecule has 0 unspecified atom stereocenters. The molecule has 0 bridgehead atoms. The van der Waals surface area contributed by atoms with Crippen molar-refractivity contribution in [2.75, 3.05) is 19.8 Å². The summed E-state index contributed by atoms with van der Waals surface area (Å²) in [5.74, 6) is -0.981. The van der Waals surface area contributed by atoms with Crippen molar-refractivity contribution in [3.8, 4) is 0 Å². The number of amides is 1. The largest absolute Gasteiger partial charge is 0.481 e. The van der Waals surface area contributed by atoms with Gasteiger partial charge < -0.3 is 15.2 Å². The summed E-state index contributed by atoms with van der Waals surface area (Å²) in [6, 6.07) is 7.74. The van der Waals surface area contributed by atoms with Crippen LogP contribution >= 0.6 is 11.6 Å². The van der Waals surface area contributed by atoms with E-state index in [9.17, 15) is 9.59 Å². The molecule has 0 aliphatic carbocycles. The van der Waals surface area contributed by atoms with Crippen molar-refractivity contribution >= 4 is 23.5 Å². The summed E-state index contributed by atoms with van der Waals surface area (Å²) in [6.45, 7) is 1.86. The molecule has 0 radical (unpaired) electrons. The molecule has 1 amide bonds. The quantitative estimate of drug-likeness (QED) is 0.801. The molecule has 2 N–H and O–H groups in total. The van der Waals surface area contributed by atoms with Crippen molar-refractivity contribution in [2.24, 2.45) is 0 Å². The van der Waals surface area contributed by atoms with Crippen LogP contribution in [0.3, 0.4) is 0 Å². The first-order valence-corrected chi connectivity index (χ1v) is 8.22. The van der Waals surface area contributed by atoms with Crippen LogP contribution in [0, 0.1) is 0 Å². The Labute approximate surface area is 141 Å². The van der Waals surface area contributed by atoms with Crippen LogP contribution in [0.1, 0.15) is 37.7 Å². The minimum absolute atomic E-state index is 0.0174. The number of hydrogen-bond acceptors (Lipinski definition) is 3. The van der Waals surface area contributed by atoms with Gasteiger partial charge in [0, 0.05) is 43.0 Å². The van der Waals surface area contributed by atoms with Gasteiger partial charge in [-0.2, -0.15) is 0 Å². The molecule has 0 saturated carbocycles. The standard InChI is InChI=1S/C17H22ClNO4/c18-14-6-4-13(5-7-14)17(8-10-23-11-9-17)12-19-15(20)2-1-3-16(21)22/h4-7H,1-3,8-12H2,(H,19,20)(H,21,22). The number of carbonyl (C=O) groups is 2. The van der Waals surface area contributed by atoms with Gasteiger partial charge in [-0.25, -0.2) is 0 Å². The summed E-state index contributed by atoms with van der Waals surface area (Å²) in [6.07, 6.45) is 2.29. The van der Waals surface area contributed by atoms with Crippen molar-refractivity contribution in [3.05, 3.63) is 34.9 Å². The Morgan fingerprint density at radius 1 is 1.17 bits per heavy atom. The van der Waals surface area contributed by atoms with Crippen molar-refractivity contribution in [1.29, 1.82) is 0 Å². The number of benzene rings is 1. The monoisotopic (exact) mass is 339 g/mol. The average molecular weight is 340 g/mol. The van der Waals surface area contributed by atoms with Crippen LogP contribution < -0.4 is 5.32 Å². The third-order valence-corrected chi connectivity index (χ3v) is 4.58. The summed E-state index contributed by atoms with van der Waals surface area (Å²) in [5, 5.41) is 12.3. The maximum Gasteiger partial charge on any atom is 0.303 e. The average Bonchev–Trinajstić information content (AvgIpc) is 2.54. The van der Waals surface area contributed by atoms with E-state index in [0.717, 1.165) is 18.4 Å². The maximum atomic E-state index is 11.9. The summed E-state index contributed by atoms with van der Waals surface area (Å²) in [4.78, 5) is 22.4. The number of aliphatic carboxylic acids is 1. The number of ether oxygens (including phenoxy) is 1. The molecule has 126 valence electrons. The summed E-state index contributed by atoms with van der Waals surface area (Å²) >= 11 is 5.96. The molecular weight excluding hydrogens is 318 g/mol. The fourth-order valence-electron chi connectivity index (χ4n) is 2.89. The van der Waals surface area contributed by atoms with Crippen LogP contribution in [0.2, 0.25) is 5.02 Å². The highest BCUT2D eigenvalue weighted by molar-refractivity contribution is 6.30. The minimum atomic E-state index is -0.875. The van der Waals surface area contributed by atoms with Crippen molar-refractivity contribution in [1.82, 2.24) is 5.32 Å². The van der Waals surface area contributed by atoms with Crippen LogP contribution in [0.25, 0.3) is 0 Å². The molecule has 23 heavy (non-hydrogen) atoms. The molecule has 1 fully saturated rings. The SMILES string of the molecule is O=C(O)CCCC(=O)NCC1(c2ccc(Cl)cc2)CCOCC1. The second-order valence-corrected chi connectivity index (χ2v) is 6.36. The lowest BCUT2D eigenvalue weighted by atomic mass is 9.74. The summed E-state index contributed by atoms with van der Waals surface area (Å²) < 4.78 is 5.46. The van der Waals surface area contributed by atoms with E-state index in [1.54, 1.807) is 0 Å². The number of hydrogen-bond donors (Lipinski definition) is 2. The number of halogens is 1. The Morgan fingerprint density at radius 3 is 2.43 bits per heavy atom. The van der Waals surface area contributed by atoms with Gasteiger partial charge >= 0.3 is 5.97 Å². The number of rotatable bonds is 7. The number of carboxylic acid groups (broad SMARTS) is 1. The van der Waals surface area contributed by atoms with Crippen LogP contribution in [0.5, 0.6) is 0 Å². The molecule has 5 nitrogen and oxygen atoms in total. The van der Waals surface area contributed by atoms with Crippen molar-refractivity contribution < 1.29 is 19.4 Å². The van der Waals surface area contributed by atoms with Gasteiger partial charge in [0.25, 0.3) is 0 Å². The van der Waals surface area contributed by atoms with Crippen LogP contribution in [0.4, 0.5) is 0 Å². The van der Waals surface area contributed by atoms with E-state index in [2.05, 4.69) is 5.32 Å². The van der Waals surface area contributed by atoms with E-state index in [1.807, 2.05) is 24.3 Å². The molecule has 1 aromatic carbocycles. The number of carboxylic acids is 1. The third kappa shape index (κ3) is 5.22. The first kappa shape index (κ1) is 17.8. The molecule has 1 aliphatic rings. The molecule has 1 aliphatic heterocycles. The predicted octanol–water partition coefficient (Wildman–Crippen LogP) is 2.76. The highest BCUT2D eigenvalue weighted by atomic mass is 35.5. The van der Waals surface area contributed by atoms with Gasteiger partial charge in [0.15, 0.2) is 0 Å². The Morgan fingerprint density at radius 2 is 1.83 bits per heavy atom. The van der Waals surface area contributed by atoms with E-state index < -0.39 is 5.97 Å². The molecule has 1 saturated heterocycles. The topological polar surface area (TPSA) is 75.6 Å². The van der Waals surface area contributed by atoms with Crippen molar-refractivity contribution in [3.63, 3.8) is 0 Å². The Hall–Kier alpha value is -1.59. The molecule has 0 atom stereocenters. The van der Waals surface area contributed by atoms with Crippen LogP contribution in [-0.2, 0) is 19.7 Å². The van der Waals surface area contributed by atoms with Gasteiger partial charge in [-0.15, -0.1) is 0 Å². The van der Waals surface area contributed by atoms with Crippen LogP contribution in [-0.4, -0.2) is 36.7 Å².